The van der Waals surface area contributed by atoms with Gasteiger partial charge in [0.05, 0.1) is 17.0 Å². The van der Waals surface area contributed by atoms with Crippen molar-refractivity contribution >= 4 is 11.7 Å². The summed E-state index contributed by atoms with van der Waals surface area (Å²) in [4.78, 5) is 32.6. The van der Waals surface area contributed by atoms with E-state index in [1.807, 2.05) is 48.5 Å². The fourth-order valence-electron chi connectivity index (χ4n) is 5.17. The van der Waals surface area contributed by atoms with Crippen LogP contribution >= 0.6 is 0 Å². The minimum atomic E-state index is -0.107. The quantitative estimate of drug-likeness (QED) is 0.410. The van der Waals surface area contributed by atoms with Crippen molar-refractivity contribution in [1.82, 2.24) is 15.2 Å². The van der Waals surface area contributed by atoms with Gasteiger partial charge in [-0.05, 0) is 54.6 Å². The number of Topliss-reactive ketones (excluding diaryl/α,β-unsaturated/α-hetero) is 1. The molecule has 34 heavy (non-hydrogen) atoms. The lowest BCUT2D eigenvalue weighted by Crippen LogP contribution is -2.31. The van der Waals surface area contributed by atoms with E-state index in [1.54, 1.807) is 0 Å². The van der Waals surface area contributed by atoms with Crippen LogP contribution in [0, 0.1) is 0 Å². The standard InChI is InChI=1S/C29H35N3O2/c1-4-32(5-2)18-12-17-30-29(34)26-25-20(3)23(21-13-8-6-9-14-21)19-24(33)28(25)31-27(26)22-15-10-7-11-16-22/h6-11,13-16,20,23,31H,4-5,12,17-19H2,1-3H3,(H,30,34)/t20-,23+/m0/s1. The number of hydrogen-bond acceptors (Lipinski definition) is 3. The molecule has 1 aliphatic carbocycles. The summed E-state index contributed by atoms with van der Waals surface area (Å²) in [5.74, 6) is 0.0547. The fraction of sp³-hybridized carbons (Fsp3) is 0.379. The molecule has 0 bridgehead atoms. The second kappa shape index (κ2) is 10.8. The third-order valence-electron chi connectivity index (χ3n) is 7.13. The molecule has 1 aliphatic rings. The molecule has 0 unspecified atom stereocenters. The molecule has 5 nitrogen and oxygen atoms in total. The minimum Gasteiger partial charge on any atom is -0.352 e. The highest BCUT2D eigenvalue weighted by Crippen LogP contribution is 2.45. The Morgan fingerprint density at radius 2 is 1.65 bits per heavy atom. The molecule has 1 amide bonds. The Hall–Kier alpha value is -3.18. The van der Waals surface area contributed by atoms with Crippen LogP contribution < -0.4 is 5.32 Å². The largest absolute Gasteiger partial charge is 0.352 e. The summed E-state index contributed by atoms with van der Waals surface area (Å²) in [5.41, 5.74) is 4.85. The first kappa shape index (κ1) is 24.0. The molecule has 4 rings (SSSR count). The summed E-state index contributed by atoms with van der Waals surface area (Å²) in [5, 5.41) is 3.14. The zero-order valence-corrected chi connectivity index (χ0v) is 20.4. The van der Waals surface area contributed by atoms with Crippen LogP contribution in [0.4, 0.5) is 0 Å². The second-order valence-corrected chi connectivity index (χ2v) is 9.10. The van der Waals surface area contributed by atoms with E-state index in [2.05, 4.69) is 48.1 Å². The summed E-state index contributed by atoms with van der Waals surface area (Å²) >= 11 is 0. The number of carbonyl (C=O) groups excluding carboxylic acids is 2. The number of benzene rings is 2. The van der Waals surface area contributed by atoms with Gasteiger partial charge in [-0.25, -0.2) is 0 Å². The lowest BCUT2D eigenvalue weighted by Gasteiger charge is -2.29. The molecule has 3 aromatic rings. The van der Waals surface area contributed by atoms with E-state index in [9.17, 15) is 9.59 Å². The highest BCUT2D eigenvalue weighted by atomic mass is 16.1. The molecule has 0 saturated heterocycles. The van der Waals surface area contributed by atoms with Crippen molar-refractivity contribution in [3.05, 3.63) is 83.0 Å². The van der Waals surface area contributed by atoms with Gasteiger partial charge >= 0.3 is 0 Å². The molecule has 0 spiro atoms. The highest BCUT2D eigenvalue weighted by molar-refractivity contribution is 6.08. The van der Waals surface area contributed by atoms with Crippen LogP contribution in [-0.2, 0) is 0 Å². The molecule has 1 aromatic heterocycles. The van der Waals surface area contributed by atoms with Gasteiger partial charge in [-0.3, -0.25) is 9.59 Å². The Morgan fingerprint density at radius 3 is 2.29 bits per heavy atom. The van der Waals surface area contributed by atoms with Crippen molar-refractivity contribution in [3.8, 4) is 11.3 Å². The minimum absolute atomic E-state index is 0.0419. The molecule has 0 radical (unpaired) electrons. The Balaban J connectivity index is 1.69. The summed E-state index contributed by atoms with van der Waals surface area (Å²) in [6.45, 7) is 10.0. The van der Waals surface area contributed by atoms with E-state index in [-0.39, 0.29) is 23.5 Å². The van der Waals surface area contributed by atoms with Crippen molar-refractivity contribution in [1.29, 1.82) is 0 Å². The molecule has 178 valence electrons. The predicted molar refractivity (Wildman–Crippen MR) is 138 cm³/mol. The van der Waals surface area contributed by atoms with Crippen LogP contribution in [0.5, 0.6) is 0 Å². The van der Waals surface area contributed by atoms with Gasteiger partial charge in [-0.2, -0.15) is 0 Å². The smallest absolute Gasteiger partial charge is 0.253 e. The van der Waals surface area contributed by atoms with Gasteiger partial charge in [-0.15, -0.1) is 0 Å². The second-order valence-electron chi connectivity index (χ2n) is 9.10. The van der Waals surface area contributed by atoms with E-state index in [0.717, 1.165) is 48.4 Å². The maximum Gasteiger partial charge on any atom is 0.253 e. The number of aromatic nitrogens is 1. The summed E-state index contributed by atoms with van der Waals surface area (Å²) in [6, 6.07) is 20.0. The third kappa shape index (κ3) is 4.85. The molecule has 2 N–H and O–H groups in total. The molecular formula is C29H35N3O2. The molecule has 2 aromatic carbocycles. The van der Waals surface area contributed by atoms with Gasteiger partial charge in [0.15, 0.2) is 5.78 Å². The van der Waals surface area contributed by atoms with Crippen LogP contribution in [0.15, 0.2) is 60.7 Å². The van der Waals surface area contributed by atoms with Gasteiger partial charge < -0.3 is 15.2 Å². The Kier molecular flexibility index (Phi) is 7.63. The molecule has 0 saturated carbocycles. The summed E-state index contributed by atoms with van der Waals surface area (Å²) in [6.07, 6.45) is 1.33. The maximum atomic E-state index is 13.6. The van der Waals surface area contributed by atoms with Crippen molar-refractivity contribution < 1.29 is 9.59 Å². The van der Waals surface area contributed by atoms with Gasteiger partial charge in [0, 0.05) is 13.0 Å². The first-order valence-corrected chi connectivity index (χ1v) is 12.4. The van der Waals surface area contributed by atoms with Crippen LogP contribution in [0.25, 0.3) is 11.3 Å². The normalized spacial score (nSPS) is 17.6. The topological polar surface area (TPSA) is 65.2 Å². The predicted octanol–water partition coefficient (Wildman–Crippen LogP) is 5.62. The Morgan fingerprint density at radius 1 is 1.00 bits per heavy atom. The maximum absolute atomic E-state index is 13.6. The van der Waals surface area contributed by atoms with Gasteiger partial charge in [0.25, 0.3) is 5.91 Å². The third-order valence-corrected chi connectivity index (χ3v) is 7.13. The number of amides is 1. The van der Waals surface area contributed by atoms with Gasteiger partial charge in [0.2, 0.25) is 0 Å². The first-order valence-electron chi connectivity index (χ1n) is 12.4. The SMILES string of the molecule is CCN(CC)CCCNC(=O)c1c(-c2ccccc2)[nH]c2c1[C@@H](C)[C@H](c1ccccc1)CC2=O. The van der Waals surface area contributed by atoms with E-state index in [0.29, 0.717) is 24.2 Å². The number of H-pyrrole nitrogens is 1. The summed E-state index contributed by atoms with van der Waals surface area (Å²) < 4.78 is 0. The Bertz CT molecular complexity index is 1120. The highest BCUT2D eigenvalue weighted by Gasteiger charge is 2.38. The number of carbonyl (C=O) groups is 2. The number of rotatable bonds is 9. The number of nitrogens with zero attached hydrogens (tertiary/aromatic N) is 1. The Labute approximate surface area is 202 Å². The van der Waals surface area contributed by atoms with E-state index >= 15 is 0 Å². The average molecular weight is 458 g/mol. The van der Waals surface area contributed by atoms with E-state index < -0.39 is 0 Å². The molecular weight excluding hydrogens is 422 g/mol. The van der Waals surface area contributed by atoms with Crippen LogP contribution in [0.1, 0.15) is 77.4 Å². The van der Waals surface area contributed by atoms with Crippen molar-refractivity contribution in [3.63, 3.8) is 0 Å². The lowest BCUT2D eigenvalue weighted by molar-refractivity contribution is 0.0949. The van der Waals surface area contributed by atoms with Crippen LogP contribution in [0.2, 0.25) is 0 Å². The fourth-order valence-corrected chi connectivity index (χ4v) is 5.17. The van der Waals surface area contributed by atoms with Crippen molar-refractivity contribution in [2.24, 2.45) is 0 Å². The number of hydrogen-bond donors (Lipinski definition) is 2. The first-order chi connectivity index (χ1) is 16.5. The van der Waals surface area contributed by atoms with E-state index in [4.69, 9.17) is 0 Å². The zero-order valence-electron chi connectivity index (χ0n) is 20.4. The number of fused-ring (bicyclic) bond motifs is 1. The van der Waals surface area contributed by atoms with Gasteiger partial charge in [-0.1, -0.05) is 81.4 Å². The molecule has 0 fully saturated rings. The van der Waals surface area contributed by atoms with Crippen molar-refractivity contribution in [2.45, 2.75) is 45.4 Å². The molecule has 5 heteroatoms. The van der Waals surface area contributed by atoms with Crippen LogP contribution in [0.3, 0.4) is 0 Å². The molecule has 2 atom stereocenters. The summed E-state index contributed by atoms with van der Waals surface area (Å²) in [7, 11) is 0. The average Bonchev–Trinajstić information content (AvgIpc) is 3.29. The number of nitrogens with one attached hydrogen (secondary N) is 2. The molecule has 0 aliphatic heterocycles. The van der Waals surface area contributed by atoms with Crippen molar-refractivity contribution in [2.75, 3.05) is 26.2 Å². The number of ketones is 1. The lowest BCUT2D eigenvalue weighted by atomic mass is 9.73. The zero-order chi connectivity index (χ0) is 24.1. The monoisotopic (exact) mass is 457 g/mol. The number of aromatic amines is 1. The van der Waals surface area contributed by atoms with Crippen LogP contribution in [-0.4, -0.2) is 47.8 Å². The molecule has 1 heterocycles. The van der Waals surface area contributed by atoms with Gasteiger partial charge in [0.1, 0.15) is 0 Å². The van der Waals surface area contributed by atoms with E-state index in [1.165, 1.54) is 0 Å².